The molecule has 0 bridgehead atoms. The zero-order valence-electron chi connectivity index (χ0n) is 6.92. The van der Waals surface area contributed by atoms with Gasteiger partial charge in [-0.15, -0.1) is 0 Å². The molecule has 0 aromatic carbocycles. The second kappa shape index (κ2) is 4.77. The summed E-state index contributed by atoms with van der Waals surface area (Å²) >= 11 is 0. The van der Waals surface area contributed by atoms with E-state index in [0.29, 0.717) is 0 Å². The Bertz CT molecular complexity index is 173. The van der Waals surface area contributed by atoms with Crippen LogP contribution >= 0.6 is 0 Å². The lowest BCUT2D eigenvalue weighted by atomic mass is 10.2. The summed E-state index contributed by atoms with van der Waals surface area (Å²) in [6.45, 7) is 6.11. The van der Waals surface area contributed by atoms with Gasteiger partial charge in [0.05, 0.1) is 0 Å². The molecule has 0 radical (unpaired) electrons. The zero-order chi connectivity index (χ0) is 6.85. The number of hydrogen-bond donors (Lipinski definition) is 0. The van der Waals surface area contributed by atoms with Crippen molar-refractivity contribution in [3.05, 3.63) is 29.1 Å². The standard InChI is InChI=1S/C8H11N.2FH/c1-6-4-7(2)9-8(3)5-6;;/h4-5H,1-3H3;2*1H. The first-order chi connectivity index (χ1) is 4.18. The van der Waals surface area contributed by atoms with Crippen molar-refractivity contribution < 1.29 is 9.41 Å². The molecular weight excluding hydrogens is 148 g/mol. The van der Waals surface area contributed by atoms with Gasteiger partial charge in [-0.1, -0.05) is 0 Å². The van der Waals surface area contributed by atoms with E-state index in [0.717, 1.165) is 11.4 Å². The third kappa shape index (κ3) is 3.65. The van der Waals surface area contributed by atoms with Crippen molar-refractivity contribution in [2.75, 3.05) is 0 Å². The molecule has 0 atom stereocenters. The number of halogens is 2. The number of nitrogens with zero attached hydrogens (tertiary/aromatic N) is 1. The van der Waals surface area contributed by atoms with Crippen LogP contribution in [0.25, 0.3) is 0 Å². The van der Waals surface area contributed by atoms with Crippen LogP contribution in [0.5, 0.6) is 0 Å². The summed E-state index contributed by atoms with van der Waals surface area (Å²) in [4.78, 5) is 4.23. The second-order valence-corrected chi connectivity index (χ2v) is 2.43. The van der Waals surface area contributed by atoms with Gasteiger partial charge >= 0.3 is 0 Å². The lowest BCUT2D eigenvalue weighted by molar-refractivity contribution is 1.10. The van der Waals surface area contributed by atoms with Gasteiger partial charge < -0.3 is 0 Å². The highest BCUT2D eigenvalue weighted by Crippen LogP contribution is 2.01. The van der Waals surface area contributed by atoms with Crippen molar-refractivity contribution in [1.29, 1.82) is 0 Å². The maximum absolute atomic E-state index is 4.23. The topological polar surface area (TPSA) is 12.9 Å². The Hall–Kier alpha value is -0.990. The molecule has 11 heavy (non-hydrogen) atoms. The summed E-state index contributed by atoms with van der Waals surface area (Å²) in [7, 11) is 0. The maximum atomic E-state index is 4.23. The van der Waals surface area contributed by atoms with Gasteiger partial charge in [0, 0.05) is 11.4 Å². The third-order valence-corrected chi connectivity index (χ3v) is 1.23. The normalized spacial score (nSPS) is 7.91. The van der Waals surface area contributed by atoms with Crippen LogP contribution in [0, 0.1) is 20.8 Å². The summed E-state index contributed by atoms with van der Waals surface area (Å²) in [6.07, 6.45) is 0. The molecular formula is C8H13F2N. The molecule has 1 aromatic rings. The van der Waals surface area contributed by atoms with Gasteiger partial charge in [-0.2, -0.15) is 0 Å². The average molecular weight is 161 g/mol. The molecule has 0 saturated carbocycles. The Balaban J connectivity index is 0. The minimum Gasteiger partial charge on any atom is -0.269 e. The molecule has 1 nitrogen and oxygen atoms in total. The van der Waals surface area contributed by atoms with Crippen LogP contribution in [0.3, 0.4) is 0 Å². The largest absolute Gasteiger partial charge is 0.269 e. The molecule has 0 amide bonds. The van der Waals surface area contributed by atoms with Crippen molar-refractivity contribution in [3.8, 4) is 0 Å². The number of rotatable bonds is 0. The molecule has 1 rings (SSSR count). The lowest BCUT2D eigenvalue weighted by Crippen LogP contribution is -1.85. The van der Waals surface area contributed by atoms with Crippen molar-refractivity contribution in [3.63, 3.8) is 0 Å². The van der Waals surface area contributed by atoms with E-state index in [1.807, 2.05) is 13.8 Å². The first-order valence-electron chi connectivity index (χ1n) is 3.10. The number of aryl methyl sites for hydroxylation is 3. The summed E-state index contributed by atoms with van der Waals surface area (Å²) in [6, 6.07) is 4.15. The van der Waals surface area contributed by atoms with Gasteiger partial charge in [0.15, 0.2) is 0 Å². The minimum absolute atomic E-state index is 0. The summed E-state index contributed by atoms with van der Waals surface area (Å²) in [5.74, 6) is 0. The first-order valence-corrected chi connectivity index (χ1v) is 3.10. The fourth-order valence-corrected chi connectivity index (χ4v) is 1.04. The Morgan fingerprint density at radius 3 is 1.55 bits per heavy atom. The quantitative estimate of drug-likeness (QED) is 0.569. The number of pyridine rings is 1. The smallest absolute Gasteiger partial charge is 0.0378 e. The van der Waals surface area contributed by atoms with Gasteiger partial charge in [-0.25, -0.2) is 0 Å². The SMILES string of the molecule is Cc1cc(C)nc(C)c1.F.F. The van der Waals surface area contributed by atoms with Crippen molar-refractivity contribution in [2.45, 2.75) is 20.8 Å². The average Bonchev–Trinajstić information content (AvgIpc) is 1.59. The molecule has 0 aliphatic carbocycles. The molecule has 64 valence electrons. The highest BCUT2D eigenvalue weighted by Gasteiger charge is 1.88. The second-order valence-electron chi connectivity index (χ2n) is 2.43. The van der Waals surface area contributed by atoms with Crippen molar-refractivity contribution >= 4 is 0 Å². The van der Waals surface area contributed by atoms with Crippen LogP contribution in [0.15, 0.2) is 12.1 Å². The van der Waals surface area contributed by atoms with Crippen LogP contribution in [-0.2, 0) is 0 Å². The molecule has 0 aliphatic rings. The predicted octanol–water partition coefficient (Wildman–Crippen LogP) is 2.31. The van der Waals surface area contributed by atoms with Crippen LogP contribution < -0.4 is 0 Å². The van der Waals surface area contributed by atoms with Gasteiger partial charge in [0.1, 0.15) is 0 Å². The molecule has 0 saturated heterocycles. The highest BCUT2D eigenvalue weighted by molar-refractivity contribution is 5.18. The van der Waals surface area contributed by atoms with Gasteiger partial charge in [0.2, 0.25) is 0 Å². The highest BCUT2D eigenvalue weighted by atomic mass is 19.0. The van der Waals surface area contributed by atoms with Crippen LogP contribution in [-0.4, -0.2) is 4.98 Å². The maximum Gasteiger partial charge on any atom is 0.0378 e. The predicted molar refractivity (Wildman–Crippen MR) is 43.5 cm³/mol. The van der Waals surface area contributed by atoms with Crippen LogP contribution in [0.1, 0.15) is 17.0 Å². The monoisotopic (exact) mass is 161 g/mol. The molecule has 0 unspecified atom stereocenters. The van der Waals surface area contributed by atoms with Crippen molar-refractivity contribution in [2.24, 2.45) is 0 Å². The van der Waals surface area contributed by atoms with E-state index in [1.54, 1.807) is 0 Å². The number of hydrogen-bond acceptors (Lipinski definition) is 1. The van der Waals surface area contributed by atoms with Gasteiger partial charge in [-0.05, 0) is 38.5 Å². The third-order valence-electron chi connectivity index (χ3n) is 1.23. The van der Waals surface area contributed by atoms with Crippen LogP contribution in [0.2, 0.25) is 0 Å². The van der Waals surface area contributed by atoms with Crippen molar-refractivity contribution in [1.82, 2.24) is 4.98 Å². The molecule has 0 spiro atoms. The van der Waals surface area contributed by atoms with Gasteiger partial charge in [0.25, 0.3) is 0 Å². The summed E-state index contributed by atoms with van der Waals surface area (Å²) in [5.41, 5.74) is 3.50. The fraction of sp³-hybridized carbons (Fsp3) is 0.375. The molecule has 3 heteroatoms. The van der Waals surface area contributed by atoms with E-state index in [2.05, 4.69) is 24.0 Å². The first kappa shape index (κ1) is 12.7. The van der Waals surface area contributed by atoms with Gasteiger partial charge in [-0.3, -0.25) is 14.4 Å². The summed E-state index contributed by atoms with van der Waals surface area (Å²) in [5, 5.41) is 0. The van der Waals surface area contributed by atoms with E-state index >= 15 is 0 Å². The number of aromatic nitrogens is 1. The molecule has 1 heterocycles. The zero-order valence-corrected chi connectivity index (χ0v) is 6.92. The Kier molecular flexibility index (Phi) is 5.49. The fourth-order valence-electron chi connectivity index (χ4n) is 1.04. The van der Waals surface area contributed by atoms with E-state index in [1.165, 1.54) is 5.56 Å². The van der Waals surface area contributed by atoms with E-state index in [9.17, 15) is 0 Å². The Labute approximate surface area is 65.2 Å². The summed E-state index contributed by atoms with van der Waals surface area (Å²) < 4.78 is 0. The minimum atomic E-state index is 0. The molecule has 0 N–H and O–H groups in total. The Morgan fingerprint density at radius 2 is 1.27 bits per heavy atom. The van der Waals surface area contributed by atoms with E-state index < -0.39 is 0 Å². The Morgan fingerprint density at radius 1 is 0.909 bits per heavy atom. The molecule has 0 aliphatic heterocycles. The van der Waals surface area contributed by atoms with E-state index in [4.69, 9.17) is 0 Å². The lowest BCUT2D eigenvalue weighted by Gasteiger charge is -1.96. The molecule has 1 aromatic heterocycles. The molecule has 0 fully saturated rings. The van der Waals surface area contributed by atoms with Crippen LogP contribution in [0.4, 0.5) is 9.41 Å². The van der Waals surface area contributed by atoms with E-state index in [-0.39, 0.29) is 9.41 Å².